The number of halogens is 1. The number of benzene rings is 2. The Labute approximate surface area is 284 Å². The molecule has 1 amide bonds. The van der Waals surface area contributed by atoms with Crippen LogP contribution in [0.15, 0.2) is 54.7 Å². The highest BCUT2D eigenvalue weighted by Crippen LogP contribution is 2.43. The van der Waals surface area contributed by atoms with E-state index in [1.54, 1.807) is 12.0 Å². The van der Waals surface area contributed by atoms with Gasteiger partial charge in [0.05, 0.1) is 44.1 Å². The van der Waals surface area contributed by atoms with Crippen LogP contribution >= 0.6 is 11.6 Å². The molecule has 1 aliphatic carbocycles. The number of carbonyl (C=O) groups is 2. The molecule has 1 N–H and O–H groups in total. The summed E-state index contributed by atoms with van der Waals surface area (Å²) in [6, 6.07) is 15.6. The highest BCUT2D eigenvalue weighted by atomic mass is 35.5. The van der Waals surface area contributed by atoms with Gasteiger partial charge < -0.3 is 19.7 Å². The number of Topliss-reactive ketones (excluding diaryl/α,β-unsaturated/α-hetero) is 1. The zero-order valence-electron chi connectivity index (χ0n) is 28.6. The van der Waals surface area contributed by atoms with Crippen molar-refractivity contribution in [2.75, 3.05) is 37.0 Å². The molecule has 1 saturated carbocycles. The van der Waals surface area contributed by atoms with Crippen LogP contribution in [0.2, 0.25) is 5.02 Å². The Morgan fingerprint density at radius 3 is 2.38 bits per heavy atom. The van der Waals surface area contributed by atoms with Crippen LogP contribution in [0.1, 0.15) is 82.5 Å². The van der Waals surface area contributed by atoms with Crippen LogP contribution in [0.3, 0.4) is 0 Å². The normalized spacial score (nSPS) is 19.6. The topological polar surface area (TPSA) is 84.0 Å². The van der Waals surface area contributed by atoms with Crippen LogP contribution in [0.4, 0.5) is 11.5 Å². The fourth-order valence-electron chi connectivity index (χ4n) is 6.87. The minimum Gasteiger partial charge on any atom is -0.493 e. The minimum atomic E-state index is -0.413. The summed E-state index contributed by atoms with van der Waals surface area (Å²) in [5, 5.41) is 4.12. The number of nitrogens with one attached hydrogen (secondary N) is 1. The largest absolute Gasteiger partial charge is 0.493 e. The summed E-state index contributed by atoms with van der Waals surface area (Å²) in [6.45, 7) is 9.55. The van der Waals surface area contributed by atoms with Crippen molar-refractivity contribution < 1.29 is 19.1 Å². The van der Waals surface area contributed by atoms with Crippen LogP contribution in [0.5, 0.6) is 11.5 Å². The summed E-state index contributed by atoms with van der Waals surface area (Å²) >= 11 is 6.27. The van der Waals surface area contributed by atoms with Gasteiger partial charge in [0, 0.05) is 31.1 Å². The van der Waals surface area contributed by atoms with Crippen LogP contribution in [-0.2, 0) is 16.0 Å². The molecule has 2 heterocycles. The van der Waals surface area contributed by atoms with Crippen molar-refractivity contribution in [1.82, 2.24) is 10.3 Å². The maximum atomic E-state index is 13.9. The van der Waals surface area contributed by atoms with Gasteiger partial charge in [-0.3, -0.25) is 14.5 Å². The first-order valence-corrected chi connectivity index (χ1v) is 17.3. The van der Waals surface area contributed by atoms with Crippen molar-refractivity contribution in [2.24, 2.45) is 11.8 Å². The third-order valence-electron chi connectivity index (χ3n) is 9.16. The van der Waals surface area contributed by atoms with E-state index >= 15 is 0 Å². The monoisotopic (exact) mass is 660 g/mol. The number of rotatable bonds is 13. The average Bonchev–Trinajstić information content (AvgIpc) is 3.04. The first-order valence-electron chi connectivity index (χ1n) is 16.9. The van der Waals surface area contributed by atoms with E-state index in [0.29, 0.717) is 59.0 Å². The first kappa shape index (κ1) is 34.7. The molecular formula is C38H49ClN4O4. The Kier molecular flexibility index (Phi) is 11.5. The van der Waals surface area contributed by atoms with Crippen LogP contribution in [0.25, 0.3) is 0 Å². The van der Waals surface area contributed by atoms with Gasteiger partial charge in [0.15, 0.2) is 11.5 Å². The summed E-state index contributed by atoms with van der Waals surface area (Å²) in [7, 11) is 3.72. The molecular weight excluding hydrogens is 612 g/mol. The van der Waals surface area contributed by atoms with Gasteiger partial charge >= 0.3 is 0 Å². The van der Waals surface area contributed by atoms with E-state index in [4.69, 9.17) is 26.1 Å². The van der Waals surface area contributed by atoms with Crippen molar-refractivity contribution >= 4 is 34.8 Å². The summed E-state index contributed by atoms with van der Waals surface area (Å²) in [5.74, 6) is 3.10. The summed E-state index contributed by atoms with van der Waals surface area (Å²) in [4.78, 5) is 34.9. The highest BCUT2D eigenvalue weighted by molar-refractivity contribution is 6.30. The molecule has 2 aromatic carbocycles. The lowest BCUT2D eigenvalue weighted by molar-refractivity contribution is -0.119. The second-order valence-electron chi connectivity index (χ2n) is 13.8. The van der Waals surface area contributed by atoms with Gasteiger partial charge in [0.25, 0.3) is 0 Å². The summed E-state index contributed by atoms with van der Waals surface area (Å²) in [6.07, 6.45) is 7.13. The third kappa shape index (κ3) is 8.65. The lowest BCUT2D eigenvalue weighted by Crippen LogP contribution is -2.41. The van der Waals surface area contributed by atoms with Crippen LogP contribution in [0, 0.1) is 11.8 Å². The number of amides is 1. The fourth-order valence-corrected chi connectivity index (χ4v) is 7.00. The molecule has 0 radical (unpaired) electrons. The molecule has 0 spiro atoms. The Bertz CT molecular complexity index is 1520. The molecule has 8 nitrogen and oxygen atoms in total. The lowest BCUT2D eigenvalue weighted by atomic mass is 9.85. The number of methoxy groups -OCH3 is 1. The second-order valence-corrected chi connectivity index (χ2v) is 14.2. The molecule has 3 aromatic rings. The van der Waals surface area contributed by atoms with Gasteiger partial charge in [-0.15, -0.1) is 0 Å². The SMILES string of the molecule is COc1cc2c(cc1OC(C)C)[C@H](c1ccc(Cl)cc1)N(c1ccc(N(C)CC3CCC(NCC(=O)CC(C)C)CC3)cn1)C(=O)C2. The molecule has 47 heavy (non-hydrogen) atoms. The molecule has 0 unspecified atom stereocenters. The molecule has 0 bridgehead atoms. The van der Waals surface area contributed by atoms with E-state index in [9.17, 15) is 9.59 Å². The van der Waals surface area contributed by atoms with Crippen molar-refractivity contribution in [1.29, 1.82) is 0 Å². The molecule has 9 heteroatoms. The zero-order chi connectivity index (χ0) is 33.7. The summed E-state index contributed by atoms with van der Waals surface area (Å²) in [5.41, 5.74) is 3.82. The maximum absolute atomic E-state index is 13.9. The van der Waals surface area contributed by atoms with E-state index in [2.05, 4.69) is 37.2 Å². The number of ketones is 1. The van der Waals surface area contributed by atoms with Crippen molar-refractivity contribution in [3.8, 4) is 11.5 Å². The fraction of sp³-hybridized carbons (Fsp3) is 0.500. The third-order valence-corrected chi connectivity index (χ3v) is 9.41. The number of ether oxygens (including phenoxy) is 2. The molecule has 1 aromatic heterocycles. The Morgan fingerprint density at radius 2 is 1.77 bits per heavy atom. The molecule has 252 valence electrons. The lowest BCUT2D eigenvalue weighted by Gasteiger charge is -2.37. The van der Waals surface area contributed by atoms with E-state index in [0.717, 1.165) is 54.6 Å². The highest BCUT2D eigenvalue weighted by Gasteiger charge is 2.37. The summed E-state index contributed by atoms with van der Waals surface area (Å²) < 4.78 is 11.8. The van der Waals surface area contributed by atoms with Crippen LogP contribution < -0.4 is 24.6 Å². The minimum absolute atomic E-state index is 0.0399. The molecule has 1 atom stereocenters. The van der Waals surface area contributed by atoms with Gasteiger partial charge in [-0.05, 0) is 104 Å². The number of aromatic nitrogens is 1. The van der Waals surface area contributed by atoms with Gasteiger partial charge in [-0.1, -0.05) is 37.6 Å². The maximum Gasteiger partial charge on any atom is 0.233 e. The van der Waals surface area contributed by atoms with E-state index in [1.165, 1.54) is 0 Å². The zero-order valence-corrected chi connectivity index (χ0v) is 29.3. The van der Waals surface area contributed by atoms with Gasteiger partial charge in [-0.25, -0.2) is 4.98 Å². The van der Waals surface area contributed by atoms with Crippen molar-refractivity contribution in [2.45, 2.75) is 84.4 Å². The Balaban J connectivity index is 1.31. The average molecular weight is 661 g/mol. The number of hydrogen-bond donors (Lipinski definition) is 1. The quantitative estimate of drug-likeness (QED) is 0.204. The standard InChI is InChI=1S/C38H49ClN4O4/c1-24(2)17-32(44)22-40-30-13-7-26(8-14-30)23-42(5)31-15-16-36(41-21-31)43-37(45)19-28-18-34(46-6)35(47-25(3)4)20-33(28)38(43)27-9-11-29(39)12-10-27/h9-12,15-16,18,20-21,24-26,30,38,40H,7-8,13-14,17,19,22-23H2,1-6H3/t26?,30?,38-/m0/s1. The number of anilines is 2. The van der Waals surface area contributed by atoms with E-state index in [1.807, 2.05) is 62.5 Å². The predicted octanol–water partition coefficient (Wildman–Crippen LogP) is 7.41. The van der Waals surface area contributed by atoms with Crippen molar-refractivity contribution in [3.05, 3.63) is 76.4 Å². The number of nitrogens with zero attached hydrogens (tertiary/aromatic N) is 3. The second kappa shape index (κ2) is 15.5. The molecule has 0 saturated heterocycles. The number of fused-ring (bicyclic) bond motifs is 1. The van der Waals surface area contributed by atoms with Crippen LogP contribution in [-0.4, -0.2) is 56.1 Å². The molecule has 1 fully saturated rings. The molecule has 1 aliphatic heterocycles. The number of carbonyl (C=O) groups excluding carboxylic acids is 2. The van der Waals surface area contributed by atoms with E-state index < -0.39 is 6.04 Å². The Morgan fingerprint density at radius 1 is 1.04 bits per heavy atom. The smallest absolute Gasteiger partial charge is 0.233 e. The van der Waals surface area contributed by atoms with Crippen molar-refractivity contribution in [3.63, 3.8) is 0 Å². The number of pyridine rings is 1. The number of hydrogen-bond acceptors (Lipinski definition) is 7. The van der Waals surface area contributed by atoms with E-state index in [-0.39, 0.29) is 18.4 Å². The molecule has 2 aliphatic rings. The predicted molar refractivity (Wildman–Crippen MR) is 189 cm³/mol. The molecule has 5 rings (SSSR count). The van der Waals surface area contributed by atoms with Gasteiger partial charge in [0.1, 0.15) is 11.6 Å². The van der Waals surface area contributed by atoms with Gasteiger partial charge in [-0.2, -0.15) is 0 Å². The Hall–Kier alpha value is -3.62. The first-order chi connectivity index (χ1) is 22.5. The van der Waals surface area contributed by atoms with Gasteiger partial charge in [0.2, 0.25) is 5.91 Å².